The van der Waals surface area contributed by atoms with Crippen LogP contribution in [0.2, 0.25) is 0 Å². The third-order valence-corrected chi connectivity index (χ3v) is 3.59. The van der Waals surface area contributed by atoms with Gasteiger partial charge in [0.05, 0.1) is 25.8 Å². The van der Waals surface area contributed by atoms with Gasteiger partial charge >= 0.3 is 0 Å². The van der Waals surface area contributed by atoms with E-state index in [1.165, 1.54) is 0 Å². The first-order valence-corrected chi connectivity index (χ1v) is 6.81. The Hall–Kier alpha value is -1.61. The van der Waals surface area contributed by atoms with Gasteiger partial charge in [0.15, 0.2) is 6.10 Å². The van der Waals surface area contributed by atoms with E-state index in [-0.39, 0.29) is 18.2 Å². The van der Waals surface area contributed by atoms with E-state index in [2.05, 4.69) is 11.0 Å². The molecule has 3 atom stereocenters. The quantitative estimate of drug-likeness (QED) is 0.897. The van der Waals surface area contributed by atoms with Gasteiger partial charge in [-0.15, -0.1) is 0 Å². The number of rotatable bonds is 4. The van der Waals surface area contributed by atoms with Crippen LogP contribution in [0.4, 0.5) is 0 Å². The van der Waals surface area contributed by atoms with Gasteiger partial charge in [0, 0.05) is 24.7 Å². The van der Waals surface area contributed by atoms with Crippen molar-refractivity contribution >= 4 is 0 Å². The van der Waals surface area contributed by atoms with E-state index in [0.29, 0.717) is 13.2 Å². The predicted octanol–water partition coefficient (Wildman–Crippen LogP) is 1.31. The molecule has 2 rings (SSSR count). The summed E-state index contributed by atoms with van der Waals surface area (Å²) in [6.45, 7) is 3.87. The van der Waals surface area contributed by atoms with E-state index in [1.54, 1.807) is 7.11 Å². The van der Waals surface area contributed by atoms with Gasteiger partial charge in [-0.25, -0.2) is 0 Å². The third-order valence-electron chi connectivity index (χ3n) is 3.59. The molecule has 0 aliphatic carbocycles. The van der Waals surface area contributed by atoms with Gasteiger partial charge in [0.2, 0.25) is 0 Å². The molecular weight excluding hydrogens is 254 g/mol. The minimum Gasteiger partial charge on any atom is -0.496 e. The number of para-hydroxylation sites is 1. The molecule has 1 heterocycles. The van der Waals surface area contributed by atoms with Crippen LogP contribution < -0.4 is 10.5 Å². The molecule has 1 fully saturated rings. The Morgan fingerprint density at radius 1 is 1.50 bits per heavy atom. The Balaban J connectivity index is 2.29. The molecule has 0 aromatic heterocycles. The van der Waals surface area contributed by atoms with Crippen LogP contribution in [0.15, 0.2) is 24.3 Å². The molecule has 1 aliphatic heterocycles. The Labute approximate surface area is 119 Å². The molecule has 20 heavy (non-hydrogen) atoms. The van der Waals surface area contributed by atoms with E-state index >= 15 is 0 Å². The van der Waals surface area contributed by atoms with Crippen LogP contribution in [-0.4, -0.2) is 43.9 Å². The van der Waals surface area contributed by atoms with Gasteiger partial charge in [-0.05, 0) is 13.0 Å². The Kier molecular flexibility index (Phi) is 4.96. The van der Waals surface area contributed by atoms with Gasteiger partial charge < -0.3 is 15.2 Å². The van der Waals surface area contributed by atoms with Gasteiger partial charge in [0.1, 0.15) is 5.75 Å². The molecule has 0 bridgehead atoms. The average Bonchev–Trinajstić information content (AvgIpc) is 2.48. The number of benzene rings is 1. The second kappa shape index (κ2) is 6.71. The molecule has 2 N–H and O–H groups in total. The fourth-order valence-electron chi connectivity index (χ4n) is 2.72. The summed E-state index contributed by atoms with van der Waals surface area (Å²) < 4.78 is 10.8. The first-order chi connectivity index (χ1) is 9.67. The lowest BCUT2D eigenvalue weighted by Gasteiger charge is -2.38. The molecule has 1 saturated heterocycles. The van der Waals surface area contributed by atoms with E-state index in [9.17, 15) is 0 Å². The van der Waals surface area contributed by atoms with E-state index in [0.717, 1.165) is 17.9 Å². The lowest BCUT2D eigenvalue weighted by molar-refractivity contribution is -0.0214. The van der Waals surface area contributed by atoms with E-state index in [1.807, 2.05) is 31.2 Å². The zero-order valence-corrected chi connectivity index (χ0v) is 12.0. The highest BCUT2D eigenvalue weighted by Crippen LogP contribution is 2.32. The highest BCUT2D eigenvalue weighted by molar-refractivity contribution is 5.36. The van der Waals surface area contributed by atoms with Gasteiger partial charge in [-0.3, -0.25) is 4.90 Å². The van der Waals surface area contributed by atoms with Crippen molar-refractivity contribution in [3.63, 3.8) is 0 Å². The predicted molar refractivity (Wildman–Crippen MR) is 76.3 cm³/mol. The second-order valence-corrected chi connectivity index (χ2v) is 5.03. The maximum Gasteiger partial charge on any atom is 0.156 e. The maximum absolute atomic E-state index is 9.04. The molecule has 5 heteroatoms. The van der Waals surface area contributed by atoms with Crippen molar-refractivity contribution in [2.45, 2.75) is 25.1 Å². The molecule has 1 aromatic rings. The monoisotopic (exact) mass is 275 g/mol. The van der Waals surface area contributed by atoms with E-state index < -0.39 is 0 Å². The third kappa shape index (κ3) is 3.10. The summed E-state index contributed by atoms with van der Waals surface area (Å²) in [7, 11) is 1.66. The number of nitrogens with two attached hydrogens (primary N) is 1. The fraction of sp³-hybridized carbons (Fsp3) is 0.533. The van der Waals surface area contributed by atoms with Crippen molar-refractivity contribution in [2.75, 3.05) is 26.8 Å². The summed E-state index contributed by atoms with van der Waals surface area (Å²) in [5, 5.41) is 9.04. The van der Waals surface area contributed by atoms with Gasteiger partial charge in [0.25, 0.3) is 0 Å². The maximum atomic E-state index is 9.04. The Morgan fingerprint density at radius 2 is 2.25 bits per heavy atom. The van der Waals surface area contributed by atoms with E-state index in [4.69, 9.17) is 20.5 Å². The first-order valence-electron chi connectivity index (χ1n) is 6.81. The summed E-state index contributed by atoms with van der Waals surface area (Å²) in [6.07, 6.45) is -0.389. The highest BCUT2D eigenvalue weighted by atomic mass is 16.5. The van der Waals surface area contributed by atoms with Crippen LogP contribution >= 0.6 is 0 Å². The van der Waals surface area contributed by atoms with Crippen molar-refractivity contribution < 1.29 is 9.47 Å². The zero-order chi connectivity index (χ0) is 14.5. The SMILES string of the molecule is COc1ccccc1C(C(C)N)N1CCOC(C#N)C1. The van der Waals surface area contributed by atoms with Gasteiger partial charge in [-0.2, -0.15) is 5.26 Å². The minimum absolute atomic E-state index is 0.0194. The molecule has 5 nitrogen and oxygen atoms in total. The smallest absolute Gasteiger partial charge is 0.156 e. The standard InChI is InChI=1S/C15H21N3O2/c1-11(17)15(13-5-3-4-6-14(13)19-2)18-7-8-20-12(9-16)10-18/h3-6,11-12,15H,7-8,10,17H2,1-2H3. The molecule has 0 radical (unpaired) electrons. The normalized spacial score (nSPS) is 22.8. The number of hydrogen-bond acceptors (Lipinski definition) is 5. The number of morpholine rings is 1. The average molecular weight is 275 g/mol. The van der Waals surface area contributed by atoms with Crippen LogP contribution in [0, 0.1) is 11.3 Å². The minimum atomic E-state index is -0.389. The molecule has 0 amide bonds. The summed E-state index contributed by atoms with van der Waals surface area (Å²) >= 11 is 0. The molecule has 0 saturated carbocycles. The topological polar surface area (TPSA) is 71.5 Å². The largest absolute Gasteiger partial charge is 0.496 e. The summed E-state index contributed by atoms with van der Waals surface area (Å²) in [5.41, 5.74) is 7.25. The summed E-state index contributed by atoms with van der Waals surface area (Å²) in [5.74, 6) is 0.829. The van der Waals surface area contributed by atoms with Crippen LogP contribution in [0.25, 0.3) is 0 Å². The van der Waals surface area contributed by atoms with Gasteiger partial charge in [-0.1, -0.05) is 18.2 Å². The van der Waals surface area contributed by atoms with Crippen molar-refractivity contribution in [3.8, 4) is 11.8 Å². The fourth-order valence-corrected chi connectivity index (χ4v) is 2.72. The lowest BCUT2D eigenvalue weighted by Crippen LogP contribution is -2.48. The van der Waals surface area contributed by atoms with Crippen LogP contribution in [0.3, 0.4) is 0 Å². The van der Waals surface area contributed by atoms with Crippen molar-refractivity contribution in [1.82, 2.24) is 4.90 Å². The number of nitriles is 1. The molecule has 3 unspecified atom stereocenters. The number of methoxy groups -OCH3 is 1. The second-order valence-electron chi connectivity index (χ2n) is 5.03. The Bertz CT molecular complexity index is 484. The highest BCUT2D eigenvalue weighted by Gasteiger charge is 2.31. The Morgan fingerprint density at radius 3 is 2.90 bits per heavy atom. The van der Waals surface area contributed by atoms with Crippen LogP contribution in [0.5, 0.6) is 5.75 Å². The number of hydrogen-bond donors (Lipinski definition) is 1. The number of nitrogens with zero attached hydrogens (tertiary/aromatic N) is 2. The zero-order valence-electron chi connectivity index (χ0n) is 12.0. The summed E-state index contributed by atoms with van der Waals surface area (Å²) in [6, 6.07) is 10.0. The molecule has 1 aliphatic rings. The molecule has 108 valence electrons. The number of ether oxygens (including phenoxy) is 2. The molecular formula is C15H21N3O2. The van der Waals surface area contributed by atoms with Crippen LogP contribution in [0.1, 0.15) is 18.5 Å². The molecule has 1 aromatic carbocycles. The van der Waals surface area contributed by atoms with Crippen LogP contribution in [-0.2, 0) is 4.74 Å². The molecule has 0 spiro atoms. The summed E-state index contributed by atoms with van der Waals surface area (Å²) in [4.78, 5) is 2.21. The van der Waals surface area contributed by atoms with Crippen molar-refractivity contribution in [1.29, 1.82) is 5.26 Å². The lowest BCUT2D eigenvalue weighted by atomic mass is 9.97. The van der Waals surface area contributed by atoms with Crippen molar-refractivity contribution in [2.24, 2.45) is 5.73 Å². The first kappa shape index (κ1) is 14.8. The van der Waals surface area contributed by atoms with Crippen molar-refractivity contribution in [3.05, 3.63) is 29.8 Å².